The van der Waals surface area contributed by atoms with Gasteiger partial charge in [0.15, 0.2) is 11.2 Å². The maximum absolute atomic E-state index is 6.50. The minimum atomic E-state index is 0.0557. The Morgan fingerprint density at radius 2 is 1.81 bits per heavy atom. The summed E-state index contributed by atoms with van der Waals surface area (Å²) in [5.74, 6) is 0.645. The van der Waals surface area contributed by atoms with E-state index in [1.54, 1.807) is 16.8 Å². The third-order valence-corrected chi connectivity index (χ3v) is 5.01. The van der Waals surface area contributed by atoms with Gasteiger partial charge in [-0.1, -0.05) is 25.4 Å². The number of nitrogens with two attached hydrogens (primary N) is 3. The molecule has 0 fully saturated rings. The van der Waals surface area contributed by atoms with Crippen LogP contribution in [0.1, 0.15) is 26.8 Å². The third kappa shape index (κ3) is 2.71. The molecule has 0 saturated heterocycles. The molecule has 6 N–H and O–H groups in total. The monoisotopic (exact) mass is 386 g/mol. The first-order valence-corrected chi connectivity index (χ1v) is 8.81. The molecule has 0 aliphatic heterocycles. The number of hydrogen-bond donors (Lipinski definition) is 3. The molecule has 140 valence electrons. The second kappa shape index (κ2) is 5.98. The van der Waals surface area contributed by atoms with Gasteiger partial charge in [0.25, 0.3) is 6.01 Å². The molecule has 3 heterocycles. The quantitative estimate of drug-likeness (QED) is 0.485. The number of anilines is 3. The Kier molecular flexibility index (Phi) is 3.84. The molecule has 1 atom stereocenters. The summed E-state index contributed by atoms with van der Waals surface area (Å²) in [6, 6.07) is 3.54. The van der Waals surface area contributed by atoms with Crippen LogP contribution in [0.4, 0.5) is 17.8 Å². The SMILES string of the molecule is CC(C)C(C)n1nc(-c2cc3nc(N)oc3cc2Cl)c2c(N)nc(N)nc21. The minimum Gasteiger partial charge on any atom is -0.424 e. The Balaban J connectivity index is 2.06. The van der Waals surface area contributed by atoms with Gasteiger partial charge in [-0.05, 0) is 18.9 Å². The van der Waals surface area contributed by atoms with Gasteiger partial charge in [0.2, 0.25) is 5.95 Å². The Morgan fingerprint density at radius 3 is 2.52 bits per heavy atom. The van der Waals surface area contributed by atoms with Gasteiger partial charge in [-0.25, -0.2) is 4.68 Å². The molecule has 0 aliphatic rings. The zero-order valence-corrected chi connectivity index (χ0v) is 15.8. The van der Waals surface area contributed by atoms with Crippen molar-refractivity contribution in [2.24, 2.45) is 5.92 Å². The molecule has 0 bridgehead atoms. The molecule has 0 amide bonds. The second-order valence-electron chi connectivity index (χ2n) is 6.80. The molecule has 0 saturated carbocycles. The Labute approximate surface area is 159 Å². The van der Waals surface area contributed by atoms with E-state index in [0.29, 0.717) is 44.3 Å². The van der Waals surface area contributed by atoms with E-state index < -0.39 is 0 Å². The predicted molar refractivity (Wildman–Crippen MR) is 106 cm³/mol. The standard InChI is InChI=1S/C17H19ClN8O/c1-6(2)7(3)26-15-12(14(19)23-16(20)24-15)13(25-26)8-4-10-11(5-9(8)18)27-17(21)22-10/h4-7H,1-3H3,(H2,21,22)(H4,19,20,23,24). The Bertz CT molecular complexity index is 1180. The highest BCUT2D eigenvalue weighted by Gasteiger charge is 2.24. The van der Waals surface area contributed by atoms with Crippen molar-refractivity contribution >= 4 is 51.5 Å². The molecule has 3 aromatic heterocycles. The average molecular weight is 387 g/mol. The highest BCUT2D eigenvalue weighted by Crippen LogP contribution is 2.38. The van der Waals surface area contributed by atoms with Crippen molar-refractivity contribution in [2.45, 2.75) is 26.8 Å². The first-order chi connectivity index (χ1) is 12.8. The number of rotatable bonds is 3. The summed E-state index contributed by atoms with van der Waals surface area (Å²) in [6.07, 6.45) is 0. The highest BCUT2D eigenvalue weighted by molar-refractivity contribution is 6.34. The average Bonchev–Trinajstić information content (AvgIpc) is 3.12. The van der Waals surface area contributed by atoms with E-state index in [1.807, 2.05) is 0 Å². The number of aromatic nitrogens is 5. The predicted octanol–water partition coefficient (Wildman–Crippen LogP) is 3.25. The Hall–Kier alpha value is -3.07. The van der Waals surface area contributed by atoms with Crippen LogP contribution in [0, 0.1) is 5.92 Å². The molecule has 27 heavy (non-hydrogen) atoms. The number of oxazole rings is 1. The normalized spacial score (nSPS) is 13.1. The lowest BCUT2D eigenvalue weighted by Crippen LogP contribution is -2.14. The summed E-state index contributed by atoms with van der Waals surface area (Å²) < 4.78 is 7.14. The number of benzene rings is 1. The van der Waals surface area contributed by atoms with E-state index in [2.05, 4.69) is 35.7 Å². The van der Waals surface area contributed by atoms with E-state index in [9.17, 15) is 0 Å². The van der Waals surface area contributed by atoms with Gasteiger partial charge in [-0.2, -0.15) is 20.1 Å². The van der Waals surface area contributed by atoms with Gasteiger partial charge >= 0.3 is 0 Å². The number of fused-ring (bicyclic) bond motifs is 2. The smallest absolute Gasteiger partial charge is 0.292 e. The molecule has 0 spiro atoms. The summed E-state index contributed by atoms with van der Waals surface area (Å²) >= 11 is 6.50. The van der Waals surface area contributed by atoms with Crippen LogP contribution in [0.5, 0.6) is 0 Å². The van der Waals surface area contributed by atoms with E-state index in [4.69, 9.17) is 38.3 Å². The van der Waals surface area contributed by atoms with Crippen LogP contribution in [0.15, 0.2) is 16.5 Å². The summed E-state index contributed by atoms with van der Waals surface area (Å²) in [4.78, 5) is 12.6. The maximum Gasteiger partial charge on any atom is 0.292 e. The lowest BCUT2D eigenvalue weighted by molar-refractivity contribution is 0.384. The maximum atomic E-state index is 6.50. The van der Waals surface area contributed by atoms with Gasteiger partial charge in [0.05, 0.1) is 16.5 Å². The van der Waals surface area contributed by atoms with Gasteiger partial charge < -0.3 is 21.6 Å². The second-order valence-corrected chi connectivity index (χ2v) is 7.20. The largest absolute Gasteiger partial charge is 0.424 e. The van der Waals surface area contributed by atoms with Crippen LogP contribution < -0.4 is 17.2 Å². The molecular weight excluding hydrogens is 368 g/mol. The molecule has 4 aromatic rings. The fraction of sp³-hybridized carbons (Fsp3) is 0.294. The fourth-order valence-electron chi connectivity index (χ4n) is 2.98. The molecule has 10 heteroatoms. The van der Waals surface area contributed by atoms with E-state index in [-0.39, 0.29) is 23.8 Å². The lowest BCUT2D eigenvalue weighted by Gasteiger charge is -2.16. The topological polar surface area (TPSA) is 148 Å². The van der Waals surface area contributed by atoms with Crippen molar-refractivity contribution in [3.63, 3.8) is 0 Å². The van der Waals surface area contributed by atoms with Crippen molar-refractivity contribution in [1.82, 2.24) is 24.7 Å². The van der Waals surface area contributed by atoms with Crippen molar-refractivity contribution in [2.75, 3.05) is 17.2 Å². The third-order valence-electron chi connectivity index (χ3n) is 4.70. The van der Waals surface area contributed by atoms with Crippen LogP contribution in [-0.4, -0.2) is 24.7 Å². The highest BCUT2D eigenvalue weighted by atomic mass is 35.5. The first kappa shape index (κ1) is 17.3. The summed E-state index contributed by atoms with van der Waals surface area (Å²) in [5, 5.41) is 5.78. The van der Waals surface area contributed by atoms with E-state index >= 15 is 0 Å². The number of nitrogens with zero attached hydrogens (tertiary/aromatic N) is 5. The van der Waals surface area contributed by atoms with E-state index in [1.165, 1.54) is 0 Å². The first-order valence-electron chi connectivity index (χ1n) is 8.43. The summed E-state index contributed by atoms with van der Waals surface area (Å²) in [5.41, 5.74) is 20.5. The van der Waals surface area contributed by atoms with Crippen molar-refractivity contribution in [1.29, 1.82) is 0 Å². The lowest BCUT2D eigenvalue weighted by atomic mass is 10.1. The van der Waals surface area contributed by atoms with Crippen LogP contribution >= 0.6 is 11.6 Å². The molecule has 0 aliphatic carbocycles. The van der Waals surface area contributed by atoms with Crippen molar-refractivity contribution in [3.05, 3.63) is 17.2 Å². The molecule has 1 unspecified atom stereocenters. The summed E-state index contributed by atoms with van der Waals surface area (Å²) in [7, 11) is 0. The zero-order valence-electron chi connectivity index (χ0n) is 15.1. The van der Waals surface area contributed by atoms with Crippen LogP contribution in [0.2, 0.25) is 5.02 Å². The van der Waals surface area contributed by atoms with Crippen molar-refractivity contribution < 1.29 is 4.42 Å². The number of halogens is 1. The van der Waals surface area contributed by atoms with Crippen LogP contribution in [0.25, 0.3) is 33.4 Å². The van der Waals surface area contributed by atoms with Crippen molar-refractivity contribution in [3.8, 4) is 11.3 Å². The van der Waals surface area contributed by atoms with Gasteiger partial charge in [0.1, 0.15) is 17.0 Å². The van der Waals surface area contributed by atoms with Crippen LogP contribution in [-0.2, 0) is 0 Å². The van der Waals surface area contributed by atoms with Gasteiger partial charge in [-0.3, -0.25) is 0 Å². The molecule has 1 aromatic carbocycles. The number of hydrogen-bond acceptors (Lipinski definition) is 8. The van der Waals surface area contributed by atoms with Gasteiger partial charge in [0, 0.05) is 11.6 Å². The minimum absolute atomic E-state index is 0.0557. The zero-order chi connectivity index (χ0) is 19.5. The Morgan fingerprint density at radius 1 is 1.07 bits per heavy atom. The molecule has 0 radical (unpaired) electrons. The molecule has 9 nitrogen and oxygen atoms in total. The van der Waals surface area contributed by atoms with Gasteiger partial charge in [-0.15, -0.1) is 0 Å². The van der Waals surface area contributed by atoms with E-state index in [0.717, 1.165) is 0 Å². The fourth-order valence-corrected chi connectivity index (χ4v) is 3.23. The molecular formula is C17H19ClN8O. The molecule has 4 rings (SSSR count). The number of nitrogen functional groups attached to an aromatic ring is 3. The van der Waals surface area contributed by atoms with Crippen LogP contribution in [0.3, 0.4) is 0 Å². The summed E-state index contributed by atoms with van der Waals surface area (Å²) in [6.45, 7) is 6.25.